The molecule has 1 N–H and O–H groups in total. The molecule has 0 atom stereocenters. The van der Waals surface area contributed by atoms with Crippen LogP contribution in [0.25, 0.3) is 4.96 Å². The van der Waals surface area contributed by atoms with Crippen LogP contribution in [0.15, 0.2) is 35.1 Å². The number of anilines is 1. The monoisotopic (exact) mass is 358 g/mol. The van der Waals surface area contributed by atoms with Gasteiger partial charge in [0.25, 0.3) is 5.56 Å². The van der Waals surface area contributed by atoms with Gasteiger partial charge in [0.2, 0.25) is 10.9 Å². The normalized spacial score (nSPS) is 10.8. The quantitative estimate of drug-likeness (QED) is 0.732. The Balaban J connectivity index is 1.77. The van der Waals surface area contributed by atoms with Crippen LogP contribution >= 0.6 is 11.3 Å². The van der Waals surface area contributed by atoms with E-state index in [4.69, 9.17) is 4.74 Å². The van der Waals surface area contributed by atoms with Crippen LogP contribution in [-0.2, 0) is 17.8 Å². The number of fused-ring (bicyclic) bond motifs is 1. The van der Waals surface area contributed by atoms with Crippen LogP contribution in [0.2, 0.25) is 0 Å². The highest BCUT2D eigenvalue weighted by Gasteiger charge is 2.09. The Kier molecular flexibility index (Phi) is 5.08. The maximum absolute atomic E-state index is 12.2. The van der Waals surface area contributed by atoms with E-state index in [-0.39, 0.29) is 18.1 Å². The van der Waals surface area contributed by atoms with Crippen LogP contribution in [-0.4, -0.2) is 20.5 Å². The summed E-state index contributed by atoms with van der Waals surface area (Å²) in [7, 11) is 0. The Bertz CT molecular complexity index is 964. The number of ether oxygens (including phenoxy) is 1. The van der Waals surface area contributed by atoms with Gasteiger partial charge in [-0.1, -0.05) is 24.3 Å². The zero-order chi connectivity index (χ0) is 17.8. The van der Waals surface area contributed by atoms with E-state index in [1.54, 1.807) is 24.3 Å². The van der Waals surface area contributed by atoms with E-state index < -0.39 is 0 Å². The van der Waals surface area contributed by atoms with Crippen molar-refractivity contribution >= 4 is 27.9 Å². The van der Waals surface area contributed by atoms with E-state index in [1.165, 1.54) is 28.8 Å². The van der Waals surface area contributed by atoms with Gasteiger partial charge in [-0.2, -0.15) is 9.61 Å². The number of amides is 1. The molecule has 0 bridgehead atoms. The minimum Gasteiger partial charge on any atom is -0.487 e. The van der Waals surface area contributed by atoms with Gasteiger partial charge in [0.1, 0.15) is 17.4 Å². The summed E-state index contributed by atoms with van der Waals surface area (Å²) in [5.74, 6) is 0.439. The fraction of sp³-hybridized carbons (Fsp3) is 0.294. The second-order valence-electron chi connectivity index (χ2n) is 5.52. The number of carbonyl (C=O) groups excluding carboxylic acids is 1. The fourth-order valence-electron chi connectivity index (χ4n) is 2.31. The maximum Gasteiger partial charge on any atom is 0.275 e. The molecule has 0 aliphatic heterocycles. The number of hydrogen-bond acceptors (Lipinski definition) is 6. The van der Waals surface area contributed by atoms with Crippen molar-refractivity contribution < 1.29 is 9.53 Å². The Morgan fingerprint density at radius 2 is 2.20 bits per heavy atom. The second kappa shape index (κ2) is 7.43. The number of nitrogens with zero attached hydrogens (tertiary/aromatic N) is 3. The third kappa shape index (κ3) is 4.21. The van der Waals surface area contributed by atoms with Gasteiger partial charge in [0, 0.05) is 31.2 Å². The van der Waals surface area contributed by atoms with Gasteiger partial charge in [-0.15, -0.1) is 0 Å². The smallest absolute Gasteiger partial charge is 0.275 e. The van der Waals surface area contributed by atoms with Gasteiger partial charge in [0.15, 0.2) is 0 Å². The topological polar surface area (TPSA) is 85.6 Å². The largest absolute Gasteiger partial charge is 0.487 e. The number of nitrogens with one attached hydrogen (secondary N) is 1. The molecule has 1 amide bonds. The van der Waals surface area contributed by atoms with Crippen LogP contribution in [0, 0.1) is 0 Å². The molecule has 0 saturated carbocycles. The summed E-state index contributed by atoms with van der Waals surface area (Å²) < 4.78 is 7.02. The molecule has 7 nitrogen and oxygen atoms in total. The molecule has 2 aromatic heterocycles. The van der Waals surface area contributed by atoms with E-state index in [9.17, 15) is 9.59 Å². The summed E-state index contributed by atoms with van der Waals surface area (Å²) in [4.78, 5) is 28.3. The Morgan fingerprint density at radius 1 is 1.36 bits per heavy atom. The molecule has 8 heteroatoms. The van der Waals surface area contributed by atoms with E-state index in [2.05, 4.69) is 22.3 Å². The highest BCUT2D eigenvalue weighted by molar-refractivity contribution is 7.16. The van der Waals surface area contributed by atoms with Crippen molar-refractivity contribution in [3.8, 4) is 5.75 Å². The van der Waals surface area contributed by atoms with Crippen LogP contribution in [0.3, 0.4) is 0 Å². The lowest BCUT2D eigenvalue weighted by Crippen LogP contribution is -2.16. The van der Waals surface area contributed by atoms with Gasteiger partial charge < -0.3 is 10.1 Å². The van der Waals surface area contributed by atoms with E-state index in [0.717, 1.165) is 17.8 Å². The molecular formula is C17H18N4O3S. The summed E-state index contributed by atoms with van der Waals surface area (Å²) in [6, 6.07) is 8.49. The van der Waals surface area contributed by atoms with Gasteiger partial charge in [-0.3, -0.25) is 9.59 Å². The summed E-state index contributed by atoms with van der Waals surface area (Å²) in [5.41, 5.74) is 0.982. The minimum atomic E-state index is -0.214. The average molecular weight is 358 g/mol. The molecule has 0 fully saturated rings. The summed E-state index contributed by atoms with van der Waals surface area (Å²) in [6.45, 7) is 3.68. The van der Waals surface area contributed by atoms with Crippen LogP contribution in [0.5, 0.6) is 5.75 Å². The molecule has 3 aromatic rings. The molecule has 0 aliphatic rings. The Hall–Kier alpha value is -2.74. The second-order valence-corrected chi connectivity index (χ2v) is 6.56. The number of carbonyl (C=O) groups is 1. The highest BCUT2D eigenvalue weighted by Crippen LogP contribution is 2.19. The SMILES string of the molecule is CCCc1nn2c(=O)cc(COc3cccc(NC(C)=O)c3)nc2s1. The molecule has 2 heterocycles. The predicted molar refractivity (Wildman–Crippen MR) is 96.2 cm³/mol. The molecule has 0 unspecified atom stereocenters. The van der Waals surface area contributed by atoms with Crippen molar-refractivity contribution in [2.45, 2.75) is 33.3 Å². The lowest BCUT2D eigenvalue weighted by Gasteiger charge is -2.08. The van der Waals surface area contributed by atoms with Crippen molar-refractivity contribution in [3.63, 3.8) is 0 Å². The van der Waals surface area contributed by atoms with Gasteiger partial charge >= 0.3 is 0 Å². The van der Waals surface area contributed by atoms with Crippen LogP contribution < -0.4 is 15.6 Å². The number of benzene rings is 1. The number of rotatable bonds is 6. The molecular weight excluding hydrogens is 340 g/mol. The fourth-order valence-corrected chi connectivity index (χ4v) is 3.33. The first-order valence-electron chi connectivity index (χ1n) is 7.94. The average Bonchev–Trinajstić information content (AvgIpc) is 2.96. The summed E-state index contributed by atoms with van der Waals surface area (Å²) in [5, 5.41) is 7.87. The van der Waals surface area contributed by atoms with Crippen molar-refractivity contribution in [2.75, 3.05) is 5.32 Å². The van der Waals surface area contributed by atoms with Gasteiger partial charge in [0.05, 0.1) is 5.69 Å². The molecule has 3 rings (SSSR count). The third-order valence-electron chi connectivity index (χ3n) is 3.34. The summed E-state index contributed by atoms with van der Waals surface area (Å²) in [6.07, 6.45) is 1.80. The van der Waals surface area contributed by atoms with E-state index in [0.29, 0.717) is 22.1 Å². The molecule has 0 radical (unpaired) electrons. The van der Waals surface area contributed by atoms with Crippen molar-refractivity contribution in [1.82, 2.24) is 14.6 Å². The minimum absolute atomic E-state index is 0.148. The van der Waals surface area contributed by atoms with E-state index >= 15 is 0 Å². The molecule has 0 aliphatic carbocycles. The van der Waals surface area contributed by atoms with Gasteiger partial charge in [-0.25, -0.2) is 4.98 Å². The molecule has 25 heavy (non-hydrogen) atoms. The van der Waals surface area contributed by atoms with E-state index in [1.807, 2.05) is 0 Å². The lowest BCUT2D eigenvalue weighted by atomic mass is 10.3. The van der Waals surface area contributed by atoms with Crippen molar-refractivity contribution in [2.24, 2.45) is 0 Å². The molecule has 1 aromatic carbocycles. The number of hydrogen-bond donors (Lipinski definition) is 1. The first-order chi connectivity index (χ1) is 12.0. The zero-order valence-corrected chi connectivity index (χ0v) is 14.8. The third-order valence-corrected chi connectivity index (χ3v) is 4.31. The summed E-state index contributed by atoms with van der Waals surface area (Å²) >= 11 is 1.42. The van der Waals surface area contributed by atoms with Crippen LogP contribution in [0.4, 0.5) is 5.69 Å². The molecule has 0 spiro atoms. The Labute approximate surface area is 148 Å². The van der Waals surface area contributed by atoms with Gasteiger partial charge in [-0.05, 0) is 18.6 Å². The van der Waals surface area contributed by atoms with Crippen LogP contribution in [0.1, 0.15) is 31.0 Å². The highest BCUT2D eigenvalue weighted by atomic mass is 32.1. The number of aromatic nitrogens is 3. The molecule has 0 saturated heterocycles. The van der Waals surface area contributed by atoms with Crippen molar-refractivity contribution in [1.29, 1.82) is 0 Å². The lowest BCUT2D eigenvalue weighted by molar-refractivity contribution is -0.114. The first-order valence-corrected chi connectivity index (χ1v) is 8.76. The Morgan fingerprint density at radius 3 is 2.96 bits per heavy atom. The first kappa shape index (κ1) is 17.1. The zero-order valence-electron chi connectivity index (χ0n) is 14.0. The standard InChI is InChI=1S/C17H18N4O3S/c1-3-5-15-20-21-16(23)9-13(19-17(21)25-15)10-24-14-7-4-6-12(8-14)18-11(2)22/h4,6-9H,3,5,10H2,1-2H3,(H,18,22). The predicted octanol–water partition coefficient (Wildman–Crippen LogP) is 2.64. The van der Waals surface area contributed by atoms with Crippen molar-refractivity contribution in [3.05, 3.63) is 51.4 Å². The molecule has 130 valence electrons. The maximum atomic E-state index is 12.2. The number of aryl methyl sites for hydroxylation is 1.